The molecule has 1 aromatic carbocycles. The van der Waals surface area contributed by atoms with Crippen molar-refractivity contribution in [1.82, 2.24) is 10.3 Å². The second kappa shape index (κ2) is 8.75. The van der Waals surface area contributed by atoms with E-state index in [0.29, 0.717) is 22.9 Å². The Kier molecular flexibility index (Phi) is 5.92. The molecule has 1 amide bonds. The quantitative estimate of drug-likeness (QED) is 0.632. The van der Waals surface area contributed by atoms with Crippen LogP contribution in [0.2, 0.25) is 0 Å². The number of aromatic nitrogens is 1. The molecule has 0 radical (unpaired) electrons. The van der Waals surface area contributed by atoms with Crippen molar-refractivity contribution in [3.05, 3.63) is 59.1 Å². The molecule has 150 valence electrons. The van der Waals surface area contributed by atoms with Crippen LogP contribution in [0.5, 0.6) is 11.5 Å². The van der Waals surface area contributed by atoms with E-state index < -0.39 is 0 Å². The Morgan fingerprint density at radius 3 is 2.93 bits per heavy atom. The van der Waals surface area contributed by atoms with Crippen LogP contribution in [-0.2, 0) is 6.54 Å². The number of hydrogen-bond acceptors (Lipinski definition) is 7. The Labute approximate surface area is 177 Å². The first-order chi connectivity index (χ1) is 14.2. The minimum Gasteiger partial charge on any atom is -0.497 e. The number of fused-ring (bicyclic) bond motifs is 1. The van der Waals surface area contributed by atoms with Crippen molar-refractivity contribution in [2.24, 2.45) is 0 Å². The molecule has 0 saturated carbocycles. The Balaban J connectivity index is 1.46. The van der Waals surface area contributed by atoms with Gasteiger partial charge in [0.2, 0.25) is 0 Å². The van der Waals surface area contributed by atoms with Crippen molar-refractivity contribution in [3.63, 3.8) is 0 Å². The van der Waals surface area contributed by atoms with Gasteiger partial charge in [0.05, 0.1) is 29.8 Å². The van der Waals surface area contributed by atoms with E-state index in [1.165, 1.54) is 11.3 Å². The normalized spacial score (nSPS) is 13.0. The molecule has 3 heterocycles. The van der Waals surface area contributed by atoms with Gasteiger partial charge in [-0.15, -0.1) is 23.1 Å². The van der Waals surface area contributed by atoms with E-state index in [0.717, 1.165) is 33.6 Å². The molecule has 0 aliphatic carbocycles. The molecule has 0 unspecified atom stereocenters. The fourth-order valence-corrected chi connectivity index (χ4v) is 5.03. The maximum atomic E-state index is 12.7. The highest BCUT2D eigenvalue weighted by molar-refractivity contribution is 7.99. The molecule has 0 atom stereocenters. The standard InChI is InChI=1S/C21H21N3O3S2/c1-26-15-6-5-14(17(12-15)27-2)13-23-20(25)18-7-8-19(29-18)24-10-11-28-21-16(24)4-3-9-22-21/h3-9,12H,10-11,13H2,1-2H3,(H,23,25). The van der Waals surface area contributed by atoms with Gasteiger partial charge in [-0.25, -0.2) is 4.98 Å². The average molecular weight is 428 g/mol. The third kappa shape index (κ3) is 4.18. The zero-order chi connectivity index (χ0) is 20.2. The van der Waals surface area contributed by atoms with Crippen LogP contribution in [0, 0.1) is 0 Å². The number of anilines is 2. The summed E-state index contributed by atoms with van der Waals surface area (Å²) in [5, 5.41) is 5.06. The van der Waals surface area contributed by atoms with Crippen molar-refractivity contribution >= 4 is 39.7 Å². The highest BCUT2D eigenvalue weighted by atomic mass is 32.2. The number of nitrogens with zero attached hydrogens (tertiary/aromatic N) is 2. The number of benzene rings is 1. The lowest BCUT2D eigenvalue weighted by atomic mass is 10.2. The Morgan fingerprint density at radius 1 is 1.21 bits per heavy atom. The minimum absolute atomic E-state index is 0.100. The number of ether oxygens (including phenoxy) is 2. The molecule has 0 bridgehead atoms. The summed E-state index contributed by atoms with van der Waals surface area (Å²) in [4.78, 5) is 20.0. The molecule has 3 aromatic rings. The lowest BCUT2D eigenvalue weighted by molar-refractivity contribution is 0.0954. The highest BCUT2D eigenvalue weighted by Crippen LogP contribution is 2.40. The number of nitrogens with one attached hydrogen (secondary N) is 1. The number of pyridine rings is 1. The van der Waals surface area contributed by atoms with Gasteiger partial charge in [-0.2, -0.15) is 0 Å². The molecule has 2 aromatic heterocycles. The first-order valence-corrected chi connectivity index (χ1v) is 10.9. The van der Waals surface area contributed by atoms with Gasteiger partial charge < -0.3 is 19.7 Å². The van der Waals surface area contributed by atoms with Gasteiger partial charge in [0.1, 0.15) is 16.5 Å². The Bertz CT molecular complexity index is 1020. The molecule has 1 aliphatic rings. The predicted molar refractivity (Wildman–Crippen MR) is 117 cm³/mol. The van der Waals surface area contributed by atoms with Crippen LogP contribution >= 0.6 is 23.1 Å². The fraction of sp³-hybridized carbons (Fsp3) is 0.238. The summed E-state index contributed by atoms with van der Waals surface area (Å²) in [6, 6.07) is 13.5. The number of carbonyl (C=O) groups is 1. The van der Waals surface area contributed by atoms with E-state index in [4.69, 9.17) is 9.47 Å². The summed E-state index contributed by atoms with van der Waals surface area (Å²) >= 11 is 3.25. The first kappa shape index (κ1) is 19.6. The predicted octanol–water partition coefficient (Wildman–Crippen LogP) is 4.33. The summed E-state index contributed by atoms with van der Waals surface area (Å²) in [6.07, 6.45) is 1.82. The molecular formula is C21H21N3O3S2. The van der Waals surface area contributed by atoms with Crippen LogP contribution < -0.4 is 19.7 Å². The molecule has 29 heavy (non-hydrogen) atoms. The number of amides is 1. The van der Waals surface area contributed by atoms with Crippen molar-refractivity contribution in [1.29, 1.82) is 0 Å². The van der Waals surface area contributed by atoms with Gasteiger partial charge in [-0.05, 0) is 36.4 Å². The van der Waals surface area contributed by atoms with E-state index in [1.807, 2.05) is 42.6 Å². The van der Waals surface area contributed by atoms with Crippen molar-refractivity contribution < 1.29 is 14.3 Å². The third-order valence-electron chi connectivity index (χ3n) is 4.61. The molecule has 4 rings (SSSR count). The Hall–Kier alpha value is -2.71. The van der Waals surface area contributed by atoms with E-state index >= 15 is 0 Å². The van der Waals surface area contributed by atoms with Crippen LogP contribution in [0.3, 0.4) is 0 Å². The summed E-state index contributed by atoms with van der Waals surface area (Å²) in [5.41, 5.74) is 1.99. The van der Waals surface area contributed by atoms with E-state index in [1.54, 1.807) is 26.0 Å². The first-order valence-electron chi connectivity index (χ1n) is 9.14. The van der Waals surface area contributed by atoms with E-state index in [9.17, 15) is 4.79 Å². The maximum absolute atomic E-state index is 12.7. The second-order valence-electron chi connectivity index (χ2n) is 6.33. The van der Waals surface area contributed by atoms with Crippen LogP contribution in [0.1, 0.15) is 15.2 Å². The number of carbonyl (C=O) groups excluding carboxylic acids is 1. The van der Waals surface area contributed by atoms with Crippen LogP contribution in [-0.4, -0.2) is 37.4 Å². The molecular weight excluding hydrogens is 406 g/mol. The zero-order valence-electron chi connectivity index (χ0n) is 16.2. The van der Waals surface area contributed by atoms with Gasteiger partial charge >= 0.3 is 0 Å². The molecule has 8 heteroatoms. The number of rotatable bonds is 6. The average Bonchev–Trinajstić information content (AvgIpc) is 3.27. The molecule has 0 saturated heterocycles. The maximum Gasteiger partial charge on any atom is 0.261 e. The van der Waals surface area contributed by atoms with E-state index in [-0.39, 0.29) is 5.91 Å². The van der Waals surface area contributed by atoms with Crippen molar-refractivity contribution in [3.8, 4) is 11.5 Å². The summed E-state index contributed by atoms with van der Waals surface area (Å²) < 4.78 is 10.6. The SMILES string of the molecule is COc1ccc(CNC(=O)c2ccc(N3CCSc4ncccc43)s2)c(OC)c1. The van der Waals surface area contributed by atoms with Crippen LogP contribution in [0.15, 0.2) is 53.7 Å². The number of thioether (sulfide) groups is 1. The van der Waals surface area contributed by atoms with Crippen LogP contribution in [0.25, 0.3) is 0 Å². The molecule has 1 N–H and O–H groups in total. The van der Waals surface area contributed by atoms with Crippen molar-refractivity contribution in [2.75, 3.05) is 31.4 Å². The van der Waals surface area contributed by atoms with Crippen LogP contribution in [0.4, 0.5) is 10.7 Å². The monoisotopic (exact) mass is 427 g/mol. The smallest absolute Gasteiger partial charge is 0.261 e. The topological polar surface area (TPSA) is 63.7 Å². The summed E-state index contributed by atoms with van der Waals surface area (Å²) in [5.74, 6) is 2.28. The van der Waals surface area contributed by atoms with Gasteiger partial charge in [-0.1, -0.05) is 0 Å². The van der Waals surface area contributed by atoms with Gasteiger partial charge in [0, 0.05) is 36.7 Å². The number of hydrogen-bond donors (Lipinski definition) is 1. The molecule has 0 fully saturated rings. The highest BCUT2D eigenvalue weighted by Gasteiger charge is 2.22. The van der Waals surface area contributed by atoms with E-state index in [2.05, 4.69) is 21.3 Å². The number of methoxy groups -OCH3 is 2. The minimum atomic E-state index is -0.100. The van der Waals surface area contributed by atoms with Gasteiger partial charge in [0.25, 0.3) is 5.91 Å². The fourth-order valence-electron chi connectivity index (χ4n) is 3.14. The molecule has 0 spiro atoms. The summed E-state index contributed by atoms with van der Waals surface area (Å²) in [6.45, 7) is 1.28. The molecule has 6 nitrogen and oxygen atoms in total. The second-order valence-corrected chi connectivity index (χ2v) is 8.47. The Morgan fingerprint density at radius 2 is 2.10 bits per heavy atom. The third-order valence-corrected chi connectivity index (χ3v) is 6.69. The van der Waals surface area contributed by atoms with Gasteiger partial charge in [0.15, 0.2) is 0 Å². The largest absolute Gasteiger partial charge is 0.497 e. The lowest BCUT2D eigenvalue weighted by Crippen LogP contribution is -2.24. The number of thiophene rings is 1. The van der Waals surface area contributed by atoms with Crippen molar-refractivity contribution in [2.45, 2.75) is 11.6 Å². The lowest BCUT2D eigenvalue weighted by Gasteiger charge is -2.28. The molecule has 1 aliphatic heterocycles. The zero-order valence-corrected chi connectivity index (χ0v) is 17.8. The van der Waals surface area contributed by atoms with Gasteiger partial charge in [-0.3, -0.25) is 4.79 Å². The summed E-state index contributed by atoms with van der Waals surface area (Å²) in [7, 11) is 3.22.